The van der Waals surface area contributed by atoms with Crippen LogP contribution in [0.25, 0.3) is 0 Å². The summed E-state index contributed by atoms with van der Waals surface area (Å²) in [7, 11) is 1.56. The molecule has 0 fully saturated rings. The van der Waals surface area contributed by atoms with Gasteiger partial charge in [0.15, 0.2) is 0 Å². The maximum Gasteiger partial charge on any atom is 0.231 e. The summed E-state index contributed by atoms with van der Waals surface area (Å²) in [6.07, 6.45) is 3.57. The van der Waals surface area contributed by atoms with Gasteiger partial charge in [0.25, 0.3) is 0 Å². The zero-order chi connectivity index (χ0) is 8.27. The van der Waals surface area contributed by atoms with Crippen molar-refractivity contribution in [3.8, 4) is 5.88 Å². The Morgan fingerprint density at radius 2 is 2.36 bits per heavy atom. The highest BCUT2D eigenvalue weighted by atomic mass is 32.2. The molecule has 5 heteroatoms. The van der Waals surface area contributed by atoms with Gasteiger partial charge >= 0.3 is 0 Å². The molecule has 0 saturated carbocycles. The van der Waals surface area contributed by atoms with Gasteiger partial charge in [-0.05, 0) is 6.26 Å². The molecule has 0 amide bonds. The maximum atomic E-state index is 5.35. The first kappa shape index (κ1) is 8.13. The van der Waals surface area contributed by atoms with E-state index in [1.54, 1.807) is 13.3 Å². The average molecular weight is 171 g/mol. The third-order valence-electron chi connectivity index (χ3n) is 1.15. The van der Waals surface area contributed by atoms with Crippen molar-refractivity contribution in [2.24, 2.45) is 0 Å². The molecule has 0 aliphatic carbocycles. The summed E-state index contributed by atoms with van der Waals surface area (Å²) in [6.45, 7) is 0. The molecule has 0 aromatic carbocycles. The third kappa shape index (κ3) is 1.74. The van der Waals surface area contributed by atoms with Crippen LogP contribution in [0.3, 0.4) is 0 Å². The minimum absolute atomic E-state index is 0.236. The number of nitrogens with zero attached hydrogens (tertiary/aromatic N) is 2. The predicted molar refractivity (Wildman–Crippen MR) is 44.8 cm³/mol. The monoisotopic (exact) mass is 171 g/mol. The van der Waals surface area contributed by atoms with Crippen molar-refractivity contribution in [2.45, 2.75) is 4.90 Å². The van der Waals surface area contributed by atoms with Crippen LogP contribution in [0, 0.1) is 0 Å². The summed E-state index contributed by atoms with van der Waals surface area (Å²) in [4.78, 5) is 8.60. The lowest BCUT2D eigenvalue weighted by atomic mass is 10.6. The standard InChI is InChI=1S/C6H9N3OS/c1-10-5-4(11-2)3-8-6(7)9-5/h3H,1-2H3,(H2,7,8,9). The van der Waals surface area contributed by atoms with Gasteiger partial charge in [0.2, 0.25) is 11.8 Å². The van der Waals surface area contributed by atoms with Crippen LogP contribution in [0.1, 0.15) is 0 Å². The lowest BCUT2D eigenvalue weighted by molar-refractivity contribution is 0.386. The second-order valence-corrected chi connectivity index (χ2v) is 2.65. The summed E-state index contributed by atoms with van der Waals surface area (Å²) >= 11 is 1.52. The van der Waals surface area contributed by atoms with Crippen LogP contribution in [-0.2, 0) is 0 Å². The molecule has 4 nitrogen and oxygen atoms in total. The second-order valence-electron chi connectivity index (χ2n) is 1.81. The number of hydrogen-bond donors (Lipinski definition) is 1. The first-order valence-electron chi connectivity index (χ1n) is 2.98. The highest BCUT2D eigenvalue weighted by Crippen LogP contribution is 2.23. The third-order valence-corrected chi connectivity index (χ3v) is 1.87. The molecule has 1 aromatic heterocycles. The van der Waals surface area contributed by atoms with Crippen molar-refractivity contribution in [3.63, 3.8) is 0 Å². The van der Waals surface area contributed by atoms with Crippen LogP contribution >= 0.6 is 11.8 Å². The molecule has 0 radical (unpaired) electrons. The molecule has 0 aliphatic rings. The summed E-state index contributed by atoms with van der Waals surface area (Å²) in [5.41, 5.74) is 5.35. The number of ether oxygens (including phenoxy) is 1. The fourth-order valence-corrected chi connectivity index (χ4v) is 1.12. The minimum atomic E-state index is 0.236. The van der Waals surface area contributed by atoms with Crippen LogP contribution < -0.4 is 10.5 Å². The fraction of sp³-hybridized carbons (Fsp3) is 0.333. The van der Waals surface area contributed by atoms with Gasteiger partial charge < -0.3 is 10.5 Å². The quantitative estimate of drug-likeness (QED) is 0.666. The molecule has 11 heavy (non-hydrogen) atoms. The molecule has 0 aliphatic heterocycles. The van der Waals surface area contributed by atoms with Crippen LogP contribution in [-0.4, -0.2) is 23.3 Å². The normalized spacial score (nSPS) is 9.64. The van der Waals surface area contributed by atoms with Crippen molar-refractivity contribution in [3.05, 3.63) is 6.20 Å². The smallest absolute Gasteiger partial charge is 0.231 e. The average Bonchev–Trinajstić information content (AvgIpc) is 2.04. The van der Waals surface area contributed by atoms with Crippen LogP contribution in [0.5, 0.6) is 5.88 Å². The van der Waals surface area contributed by atoms with Gasteiger partial charge in [-0.15, -0.1) is 11.8 Å². The van der Waals surface area contributed by atoms with E-state index in [0.717, 1.165) is 4.90 Å². The van der Waals surface area contributed by atoms with E-state index in [2.05, 4.69) is 9.97 Å². The molecule has 0 atom stereocenters. The number of methoxy groups -OCH3 is 1. The summed E-state index contributed by atoms with van der Waals surface area (Å²) in [5, 5.41) is 0. The Morgan fingerprint density at radius 1 is 1.64 bits per heavy atom. The summed E-state index contributed by atoms with van der Waals surface area (Å²) in [6, 6.07) is 0. The topological polar surface area (TPSA) is 61.0 Å². The molecule has 0 bridgehead atoms. The maximum absolute atomic E-state index is 5.35. The number of hydrogen-bond acceptors (Lipinski definition) is 5. The van der Waals surface area contributed by atoms with Crippen molar-refractivity contribution < 1.29 is 4.74 Å². The Kier molecular flexibility index (Phi) is 2.53. The number of anilines is 1. The molecule has 1 rings (SSSR count). The number of thioether (sulfide) groups is 1. The van der Waals surface area contributed by atoms with E-state index in [9.17, 15) is 0 Å². The Labute approximate surface area is 69.2 Å². The first-order chi connectivity index (χ1) is 5.27. The van der Waals surface area contributed by atoms with E-state index in [0.29, 0.717) is 5.88 Å². The molecular formula is C6H9N3OS. The Balaban J connectivity index is 3.06. The van der Waals surface area contributed by atoms with Crippen LogP contribution in [0.15, 0.2) is 11.1 Å². The Morgan fingerprint density at radius 3 is 2.91 bits per heavy atom. The van der Waals surface area contributed by atoms with E-state index in [4.69, 9.17) is 10.5 Å². The van der Waals surface area contributed by atoms with Crippen molar-refractivity contribution in [1.82, 2.24) is 9.97 Å². The number of nitrogen functional groups attached to an aromatic ring is 1. The highest BCUT2D eigenvalue weighted by Gasteiger charge is 2.03. The van der Waals surface area contributed by atoms with Crippen molar-refractivity contribution in [2.75, 3.05) is 19.1 Å². The van der Waals surface area contributed by atoms with E-state index in [1.165, 1.54) is 11.8 Å². The number of nitrogens with two attached hydrogens (primary N) is 1. The second kappa shape index (κ2) is 3.43. The van der Waals surface area contributed by atoms with E-state index in [-0.39, 0.29) is 5.95 Å². The van der Waals surface area contributed by atoms with E-state index < -0.39 is 0 Å². The minimum Gasteiger partial charge on any atom is -0.480 e. The van der Waals surface area contributed by atoms with Gasteiger partial charge in [-0.25, -0.2) is 4.98 Å². The number of rotatable bonds is 2. The molecule has 2 N–H and O–H groups in total. The van der Waals surface area contributed by atoms with Crippen LogP contribution in [0.4, 0.5) is 5.95 Å². The van der Waals surface area contributed by atoms with E-state index in [1.807, 2.05) is 6.26 Å². The van der Waals surface area contributed by atoms with E-state index >= 15 is 0 Å². The van der Waals surface area contributed by atoms with Gasteiger partial charge in [-0.1, -0.05) is 0 Å². The lowest BCUT2D eigenvalue weighted by Gasteiger charge is -2.03. The zero-order valence-corrected chi connectivity index (χ0v) is 7.18. The predicted octanol–water partition coefficient (Wildman–Crippen LogP) is 0.789. The molecule has 1 aromatic rings. The number of aromatic nitrogens is 2. The SMILES string of the molecule is COc1nc(N)ncc1SC. The largest absolute Gasteiger partial charge is 0.480 e. The van der Waals surface area contributed by atoms with Gasteiger partial charge in [-0.2, -0.15) is 4.98 Å². The summed E-state index contributed by atoms with van der Waals surface area (Å²) in [5.74, 6) is 0.768. The van der Waals surface area contributed by atoms with Crippen molar-refractivity contribution in [1.29, 1.82) is 0 Å². The first-order valence-corrected chi connectivity index (χ1v) is 4.21. The molecule has 0 spiro atoms. The lowest BCUT2D eigenvalue weighted by Crippen LogP contribution is -1.98. The highest BCUT2D eigenvalue weighted by molar-refractivity contribution is 7.98. The van der Waals surface area contributed by atoms with Crippen molar-refractivity contribution >= 4 is 17.7 Å². The van der Waals surface area contributed by atoms with Gasteiger partial charge in [0.1, 0.15) is 0 Å². The van der Waals surface area contributed by atoms with Gasteiger partial charge in [0, 0.05) is 6.20 Å². The fourth-order valence-electron chi connectivity index (χ4n) is 0.654. The molecule has 0 unspecified atom stereocenters. The Bertz CT molecular complexity index is 254. The van der Waals surface area contributed by atoms with Gasteiger partial charge in [0.05, 0.1) is 12.0 Å². The molecular weight excluding hydrogens is 162 g/mol. The van der Waals surface area contributed by atoms with Crippen LogP contribution in [0.2, 0.25) is 0 Å². The van der Waals surface area contributed by atoms with Gasteiger partial charge in [-0.3, -0.25) is 0 Å². The molecule has 0 saturated heterocycles. The Hall–Kier alpha value is -0.970. The molecule has 60 valence electrons. The zero-order valence-electron chi connectivity index (χ0n) is 6.37. The summed E-state index contributed by atoms with van der Waals surface area (Å²) < 4.78 is 4.97. The molecule has 1 heterocycles.